The maximum atomic E-state index is 11.8. The van der Waals surface area contributed by atoms with E-state index in [4.69, 9.17) is 0 Å². The van der Waals surface area contributed by atoms with Crippen LogP contribution in [0.2, 0.25) is 0 Å². The molecule has 1 saturated carbocycles. The second-order valence-corrected chi connectivity index (χ2v) is 4.95. The highest BCUT2D eigenvalue weighted by Crippen LogP contribution is 2.47. The fourth-order valence-electron chi connectivity index (χ4n) is 2.09. The van der Waals surface area contributed by atoms with Gasteiger partial charge in [0.05, 0.1) is 0 Å². The number of rotatable bonds is 5. The Kier molecular flexibility index (Phi) is 3.79. The molecule has 0 aromatic heterocycles. The van der Waals surface area contributed by atoms with E-state index in [1.807, 2.05) is 32.3 Å². The smallest absolute Gasteiger partial charge is 0.223 e. The Bertz CT molecular complexity index is 375. The van der Waals surface area contributed by atoms with Gasteiger partial charge in [-0.2, -0.15) is 0 Å². The van der Waals surface area contributed by atoms with Crippen molar-refractivity contribution in [1.29, 1.82) is 0 Å². The minimum absolute atomic E-state index is 0.194. The summed E-state index contributed by atoms with van der Waals surface area (Å²) in [5.74, 6) is 0.843. The predicted molar refractivity (Wildman–Crippen MR) is 68.9 cm³/mol. The number of amides is 1. The van der Waals surface area contributed by atoms with E-state index in [1.54, 1.807) is 0 Å². The van der Waals surface area contributed by atoms with E-state index in [9.17, 15) is 4.79 Å². The average molecular weight is 232 g/mol. The van der Waals surface area contributed by atoms with Gasteiger partial charge in [0.15, 0.2) is 0 Å². The van der Waals surface area contributed by atoms with Crippen molar-refractivity contribution in [2.75, 3.05) is 27.2 Å². The Morgan fingerprint density at radius 2 is 2.06 bits per heavy atom. The Morgan fingerprint density at radius 3 is 2.71 bits per heavy atom. The van der Waals surface area contributed by atoms with Crippen LogP contribution in [0.4, 0.5) is 0 Å². The maximum Gasteiger partial charge on any atom is 0.223 e. The third kappa shape index (κ3) is 3.30. The zero-order chi connectivity index (χ0) is 12.3. The van der Waals surface area contributed by atoms with Crippen molar-refractivity contribution >= 4 is 5.91 Å². The van der Waals surface area contributed by atoms with Crippen LogP contribution < -0.4 is 5.32 Å². The monoisotopic (exact) mass is 232 g/mol. The molecule has 17 heavy (non-hydrogen) atoms. The first-order chi connectivity index (χ1) is 8.18. The summed E-state index contributed by atoms with van der Waals surface area (Å²) in [5, 5.41) is 3.00. The first kappa shape index (κ1) is 12.1. The summed E-state index contributed by atoms with van der Waals surface area (Å²) >= 11 is 0. The van der Waals surface area contributed by atoms with Crippen LogP contribution in [0.5, 0.6) is 0 Å². The fourth-order valence-corrected chi connectivity index (χ4v) is 2.09. The number of carbonyl (C=O) groups is 1. The van der Waals surface area contributed by atoms with Gasteiger partial charge in [0, 0.05) is 19.0 Å². The highest BCUT2D eigenvalue weighted by Gasteiger charge is 2.43. The number of likely N-dealkylation sites (N-methyl/N-ethyl adjacent to an activating group) is 1. The fraction of sp³-hybridized carbons (Fsp3) is 0.500. The summed E-state index contributed by atoms with van der Waals surface area (Å²) in [6.07, 6.45) is 0.998. The molecule has 0 unspecified atom stereocenters. The number of benzene rings is 1. The van der Waals surface area contributed by atoms with Crippen molar-refractivity contribution in [3.63, 3.8) is 0 Å². The largest absolute Gasteiger partial charge is 0.355 e. The molecular weight excluding hydrogens is 212 g/mol. The van der Waals surface area contributed by atoms with Crippen LogP contribution in [0.25, 0.3) is 0 Å². The van der Waals surface area contributed by atoms with Crippen molar-refractivity contribution in [3.8, 4) is 0 Å². The molecule has 1 fully saturated rings. The lowest BCUT2D eigenvalue weighted by molar-refractivity contribution is -0.122. The first-order valence-corrected chi connectivity index (χ1v) is 6.16. The quantitative estimate of drug-likeness (QED) is 0.833. The number of carbonyl (C=O) groups excluding carboxylic acids is 1. The molecular formula is C14H20N2O. The number of hydrogen-bond donors (Lipinski definition) is 1. The highest BCUT2D eigenvalue weighted by molar-refractivity contribution is 5.82. The van der Waals surface area contributed by atoms with E-state index in [1.165, 1.54) is 5.56 Å². The highest BCUT2D eigenvalue weighted by atomic mass is 16.2. The number of nitrogens with zero attached hydrogens (tertiary/aromatic N) is 1. The second-order valence-electron chi connectivity index (χ2n) is 4.95. The van der Waals surface area contributed by atoms with Crippen LogP contribution in [0.3, 0.4) is 0 Å². The topological polar surface area (TPSA) is 32.3 Å². The van der Waals surface area contributed by atoms with Gasteiger partial charge >= 0.3 is 0 Å². The lowest BCUT2D eigenvalue weighted by Crippen LogP contribution is -2.32. The van der Waals surface area contributed by atoms with E-state index in [0.29, 0.717) is 5.92 Å². The van der Waals surface area contributed by atoms with Gasteiger partial charge in [0.25, 0.3) is 0 Å². The molecule has 0 radical (unpaired) electrons. The standard InChI is InChI=1S/C14H20N2O/c1-16(2)9-8-15-14(17)13-10-12(13)11-6-4-3-5-7-11/h3-7,12-13H,8-10H2,1-2H3,(H,15,17)/t12-,13-/m0/s1. The SMILES string of the molecule is CN(C)CCNC(=O)[C@H]1C[C@H]1c1ccccc1. The van der Waals surface area contributed by atoms with Crippen molar-refractivity contribution in [1.82, 2.24) is 10.2 Å². The summed E-state index contributed by atoms with van der Waals surface area (Å²) < 4.78 is 0. The lowest BCUT2D eigenvalue weighted by atomic mass is 10.1. The molecule has 1 aliphatic rings. The third-order valence-electron chi connectivity index (χ3n) is 3.21. The van der Waals surface area contributed by atoms with Gasteiger partial charge in [0.1, 0.15) is 0 Å². The van der Waals surface area contributed by atoms with E-state index in [-0.39, 0.29) is 11.8 Å². The summed E-state index contributed by atoms with van der Waals surface area (Å²) in [4.78, 5) is 13.9. The summed E-state index contributed by atoms with van der Waals surface area (Å²) in [7, 11) is 4.02. The van der Waals surface area contributed by atoms with Crippen LogP contribution in [0, 0.1) is 5.92 Å². The Hall–Kier alpha value is -1.35. The van der Waals surface area contributed by atoms with Crippen LogP contribution in [-0.4, -0.2) is 38.0 Å². The third-order valence-corrected chi connectivity index (χ3v) is 3.21. The molecule has 3 nitrogen and oxygen atoms in total. The van der Waals surface area contributed by atoms with Crippen LogP contribution in [-0.2, 0) is 4.79 Å². The zero-order valence-electron chi connectivity index (χ0n) is 10.5. The number of hydrogen-bond acceptors (Lipinski definition) is 2. The van der Waals surface area contributed by atoms with Crippen molar-refractivity contribution < 1.29 is 4.79 Å². The second kappa shape index (κ2) is 5.32. The van der Waals surface area contributed by atoms with E-state index in [2.05, 4.69) is 22.3 Å². The lowest BCUT2D eigenvalue weighted by Gasteiger charge is -2.10. The predicted octanol–water partition coefficient (Wildman–Crippen LogP) is 1.47. The first-order valence-electron chi connectivity index (χ1n) is 6.16. The van der Waals surface area contributed by atoms with Gasteiger partial charge in [-0.05, 0) is 32.0 Å². The Labute approximate surface area is 103 Å². The zero-order valence-corrected chi connectivity index (χ0v) is 10.5. The van der Waals surface area contributed by atoms with Gasteiger partial charge in [-0.3, -0.25) is 4.79 Å². The summed E-state index contributed by atoms with van der Waals surface area (Å²) in [6, 6.07) is 10.3. The molecule has 0 aliphatic heterocycles. The molecule has 1 aromatic carbocycles. The average Bonchev–Trinajstić information content (AvgIpc) is 3.09. The van der Waals surface area contributed by atoms with E-state index < -0.39 is 0 Å². The van der Waals surface area contributed by atoms with E-state index >= 15 is 0 Å². The molecule has 1 amide bonds. The summed E-state index contributed by atoms with van der Waals surface area (Å²) in [5.41, 5.74) is 1.29. The number of nitrogens with one attached hydrogen (secondary N) is 1. The van der Waals surface area contributed by atoms with Gasteiger partial charge < -0.3 is 10.2 Å². The molecule has 0 spiro atoms. The Morgan fingerprint density at radius 1 is 1.35 bits per heavy atom. The normalized spacial score (nSPS) is 22.5. The van der Waals surface area contributed by atoms with Gasteiger partial charge in [-0.25, -0.2) is 0 Å². The van der Waals surface area contributed by atoms with E-state index in [0.717, 1.165) is 19.5 Å². The molecule has 0 saturated heterocycles. The summed E-state index contributed by atoms with van der Waals surface area (Å²) in [6.45, 7) is 1.64. The van der Waals surface area contributed by atoms with Crippen molar-refractivity contribution in [2.45, 2.75) is 12.3 Å². The molecule has 1 N–H and O–H groups in total. The van der Waals surface area contributed by atoms with Crippen LogP contribution in [0.15, 0.2) is 30.3 Å². The molecule has 1 aromatic rings. The van der Waals surface area contributed by atoms with Crippen molar-refractivity contribution in [3.05, 3.63) is 35.9 Å². The Balaban J connectivity index is 1.77. The molecule has 92 valence electrons. The molecule has 1 aliphatic carbocycles. The molecule has 2 atom stereocenters. The van der Waals surface area contributed by atoms with Crippen LogP contribution >= 0.6 is 0 Å². The molecule has 0 heterocycles. The van der Waals surface area contributed by atoms with Gasteiger partial charge in [-0.15, -0.1) is 0 Å². The van der Waals surface area contributed by atoms with Gasteiger partial charge in [-0.1, -0.05) is 30.3 Å². The van der Waals surface area contributed by atoms with Crippen molar-refractivity contribution in [2.24, 2.45) is 5.92 Å². The maximum absolute atomic E-state index is 11.8. The minimum Gasteiger partial charge on any atom is -0.355 e. The molecule has 2 rings (SSSR count). The van der Waals surface area contributed by atoms with Crippen LogP contribution in [0.1, 0.15) is 17.9 Å². The molecule has 0 bridgehead atoms. The minimum atomic E-state index is 0.194. The van der Waals surface area contributed by atoms with Gasteiger partial charge in [0.2, 0.25) is 5.91 Å². The molecule has 3 heteroatoms.